The number of sulfone groups is 1. The van der Waals surface area contributed by atoms with E-state index in [-0.39, 0.29) is 35.7 Å². The number of methoxy groups -OCH3 is 2. The fourth-order valence-corrected chi connectivity index (χ4v) is 11.2. The minimum Gasteiger partial charge on any atom is -0.453 e. The Hall–Kier alpha value is -7.35. The molecule has 0 spiro atoms. The molecule has 4 atom stereocenters. The number of imidazole rings is 2. The predicted octanol–water partition coefficient (Wildman–Crippen LogP) is 8.52. The zero-order valence-electron chi connectivity index (χ0n) is 40.0. The largest absolute Gasteiger partial charge is 0.453 e. The average molecular weight is 992 g/mol. The van der Waals surface area contributed by atoms with Crippen molar-refractivity contribution in [3.05, 3.63) is 108 Å². The van der Waals surface area contributed by atoms with E-state index in [1.807, 2.05) is 92.9 Å². The molecule has 2 saturated heterocycles. The van der Waals surface area contributed by atoms with E-state index in [0.717, 1.165) is 35.1 Å². The number of nitrogens with one attached hydrogen (secondary N) is 4. The van der Waals surface area contributed by atoms with Crippen LogP contribution in [0, 0.1) is 11.8 Å². The highest BCUT2D eigenvalue weighted by Crippen LogP contribution is 2.52. The molecule has 9 rings (SSSR count). The van der Waals surface area contributed by atoms with Crippen LogP contribution in [0.25, 0.3) is 50.7 Å². The van der Waals surface area contributed by atoms with Crippen molar-refractivity contribution in [2.45, 2.75) is 87.7 Å². The van der Waals surface area contributed by atoms with Gasteiger partial charge >= 0.3 is 17.4 Å². The molecule has 3 aliphatic heterocycles. The highest BCUT2D eigenvalue weighted by Gasteiger charge is 2.60. The van der Waals surface area contributed by atoms with E-state index in [4.69, 9.17) is 9.47 Å². The summed E-state index contributed by atoms with van der Waals surface area (Å²) < 4.78 is 66.4. The van der Waals surface area contributed by atoms with Crippen LogP contribution in [0.5, 0.6) is 0 Å². The summed E-state index contributed by atoms with van der Waals surface area (Å²) in [6.45, 7) is 8.46. The number of ether oxygens (including phenoxy) is 2. The van der Waals surface area contributed by atoms with Crippen LogP contribution < -0.4 is 10.6 Å². The first-order valence-electron chi connectivity index (χ1n) is 23.5. The predicted molar refractivity (Wildman–Crippen MR) is 259 cm³/mol. The van der Waals surface area contributed by atoms with Gasteiger partial charge in [-0.25, -0.2) is 28.0 Å². The van der Waals surface area contributed by atoms with Crippen molar-refractivity contribution in [3.8, 4) is 50.7 Å². The molecule has 3 aromatic carbocycles. The van der Waals surface area contributed by atoms with Gasteiger partial charge < -0.3 is 44.4 Å². The molecule has 0 aliphatic carbocycles. The summed E-state index contributed by atoms with van der Waals surface area (Å²) in [4.78, 5) is 70.8. The maximum absolute atomic E-state index is 15.1. The molecule has 4 unspecified atom stereocenters. The Morgan fingerprint density at radius 2 is 1.08 bits per heavy atom. The van der Waals surface area contributed by atoms with E-state index in [1.54, 1.807) is 22.2 Å². The van der Waals surface area contributed by atoms with Crippen molar-refractivity contribution in [1.29, 1.82) is 0 Å². The van der Waals surface area contributed by atoms with E-state index in [9.17, 15) is 27.6 Å². The maximum Gasteiger partial charge on any atom is 0.407 e. The first kappa shape index (κ1) is 48.7. The molecule has 0 radical (unpaired) electrons. The number of aromatic amines is 2. The minimum atomic E-state index is -4.78. The number of carbonyl (C=O) groups excluding carboxylic acids is 4. The van der Waals surface area contributed by atoms with Crippen molar-refractivity contribution in [1.82, 2.24) is 44.9 Å². The van der Waals surface area contributed by atoms with Gasteiger partial charge in [0, 0.05) is 18.8 Å². The van der Waals surface area contributed by atoms with E-state index < -0.39 is 49.8 Å². The Morgan fingerprint density at radius 3 is 1.49 bits per heavy atom. The van der Waals surface area contributed by atoms with Crippen molar-refractivity contribution in [2.75, 3.05) is 27.3 Å². The molecule has 17 nitrogen and oxygen atoms in total. The zero-order valence-corrected chi connectivity index (χ0v) is 40.8. The molecule has 71 heavy (non-hydrogen) atoms. The summed E-state index contributed by atoms with van der Waals surface area (Å²) in [5, 5.41) is 1.31. The van der Waals surface area contributed by atoms with Crippen molar-refractivity contribution < 1.29 is 45.9 Å². The topological polar surface area (TPSA) is 214 Å². The molecule has 3 aliphatic rings. The molecule has 0 saturated carbocycles. The van der Waals surface area contributed by atoms with Gasteiger partial charge in [0.1, 0.15) is 23.7 Å². The van der Waals surface area contributed by atoms with Crippen LogP contribution in [-0.4, -0.2) is 106 Å². The van der Waals surface area contributed by atoms with Crippen molar-refractivity contribution in [2.24, 2.45) is 11.8 Å². The second kappa shape index (κ2) is 19.1. The molecule has 20 heteroatoms. The molecular formula is C51H55F2N9O8S. The summed E-state index contributed by atoms with van der Waals surface area (Å²) in [6.07, 6.45) is 4.98. The van der Waals surface area contributed by atoms with Crippen LogP contribution in [0.1, 0.15) is 82.7 Å². The normalized spacial score (nSPS) is 18.7. The van der Waals surface area contributed by atoms with Crippen LogP contribution in [0.2, 0.25) is 0 Å². The average Bonchev–Trinajstić information content (AvgIpc) is 4.24. The van der Waals surface area contributed by atoms with Crippen molar-refractivity contribution in [3.63, 3.8) is 0 Å². The lowest BCUT2D eigenvalue weighted by Crippen LogP contribution is -2.51. The Balaban J connectivity index is 0.989. The summed E-state index contributed by atoms with van der Waals surface area (Å²) in [5.74, 6) is 0.451. The number of fused-ring (bicyclic) bond motifs is 1. The smallest absolute Gasteiger partial charge is 0.407 e. The SMILES string of the molecule is COC(=O)NC(C(=O)N1CCCC1c1ncc(-c2ccc(-c3ccc(-c4ccc(-c5cnc(C6CCCN6C(=O)C(NC(=O)OC)C(C)C)[nH]5)cc4)n3-c3ccc4c(c3)C(F)(F)S4(=O)=O)cc2)[nH]1)C(C)C. The minimum absolute atomic E-state index is 0.178. The molecular weight excluding hydrogens is 937 g/mol. The van der Waals surface area contributed by atoms with Crippen LogP contribution in [0.3, 0.4) is 0 Å². The fourth-order valence-electron chi connectivity index (χ4n) is 9.85. The Labute approximate surface area is 409 Å². The lowest BCUT2D eigenvalue weighted by atomic mass is 10.0. The number of alkyl carbamates (subject to hydrolysis) is 2. The lowest BCUT2D eigenvalue weighted by molar-refractivity contribution is -0.136. The van der Waals surface area contributed by atoms with Gasteiger partial charge in [0.2, 0.25) is 21.7 Å². The van der Waals surface area contributed by atoms with Crippen LogP contribution in [-0.2, 0) is 34.2 Å². The second-order valence-corrected chi connectivity index (χ2v) is 20.7. The number of benzene rings is 3. The maximum atomic E-state index is 15.1. The number of H-pyrrole nitrogens is 2. The highest BCUT2D eigenvalue weighted by atomic mass is 32.2. The van der Waals surface area contributed by atoms with E-state index in [1.165, 1.54) is 32.4 Å². The van der Waals surface area contributed by atoms with Gasteiger partial charge in [-0.2, -0.15) is 8.78 Å². The molecule has 3 aromatic heterocycles. The first-order valence-corrected chi connectivity index (χ1v) is 25.0. The highest BCUT2D eigenvalue weighted by molar-refractivity contribution is 7.93. The van der Waals surface area contributed by atoms with Gasteiger partial charge in [0.25, 0.3) is 0 Å². The summed E-state index contributed by atoms with van der Waals surface area (Å²) in [7, 11) is -2.27. The molecule has 4 amide bonds. The number of amides is 4. The summed E-state index contributed by atoms with van der Waals surface area (Å²) >= 11 is 0. The number of rotatable bonds is 13. The van der Waals surface area contributed by atoms with Gasteiger partial charge in [0.15, 0.2) is 0 Å². The number of hydrogen-bond acceptors (Lipinski definition) is 10. The number of hydrogen-bond donors (Lipinski definition) is 4. The van der Waals surface area contributed by atoms with Gasteiger partial charge in [-0.15, -0.1) is 0 Å². The van der Waals surface area contributed by atoms with Gasteiger partial charge in [-0.05, 0) is 90.1 Å². The molecule has 4 N–H and O–H groups in total. The summed E-state index contributed by atoms with van der Waals surface area (Å²) in [5.41, 5.74) is 5.61. The third-order valence-corrected chi connectivity index (χ3v) is 15.5. The van der Waals surface area contributed by atoms with E-state index >= 15 is 8.78 Å². The second-order valence-electron chi connectivity index (χ2n) is 18.8. The number of aromatic nitrogens is 5. The Kier molecular flexibility index (Phi) is 13.1. The third kappa shape index (κ3) is 8.82. The fraction of sp³-hybridized carbons (Fsp3) is 0.373. The summed E-state index contributed by atoms with van der Waals surface area (Å²) in [6, 6.07) is 20.8. The van der Waals surface area contributed by atoms with Gasteiger partial charge in [-0.3, -0.25) is 9.59 Å². The number of likely N-dealkylation sites (tertiary alicyclic amines) is 2. The number of nitrogens with zero attached hydrogens (tertiary/aromatic N) is 5. The van der Waals surface area contributed by atoms with Crippen molar-refractivity contribution >= 4 is 33.8 Å². The van der Waals surface area contributed by atoms with Gasteiger partial charge in [-0.1, -0.05) is 76.2 Å². The number of halogens is 2. The zero-order chi connectivity index (χ0) is 50.5. The molecule has 6 aromatic rings. The molecule has 0 bridgehead atoms. The quantitative estimate of drug-likeness (QED) is 0.0866. The Morgan fingerprint density at radius 1 is 0.662 bits per heavy atom. The lowest BCUT2D eigenvalue weighted by Gasteiger charge is -2.30. The van der Waals surface area contributed by atoms with Crippen LogP contribution in [0.15, 0.2) is 96.2 Å². The molecule has 372 valence electrons. The molecule has 2 fully saturated rings. The van der Waals surface area contributed by atoms with Crippen LogP contribution >= 0.6 is 0 Å². The monoisotopic (exact) mass is 991 g/mol. The van der Waals surface area contributed by atoms with E-state index in [2.05, 4.69) is 30.6 Å². The van der Waals surface area contributed by atoms with E-state index in [0.29, 0.717) is 66.0 Å². The van der Waals surface area contributed by atoms with Gasteiger partial charge in [0.05, 0.1) is 71.9 Å². The van der Waals surface area contributed by atoms with Crippen LogP contribution in [0.4, 0.5) is 18.4 Å². The first-order chi connectivity index (χ1) is 33.9. The number of alkyl halides is 2. The third-order valence-electron chi connectivity index (χ3n) is 13.7. The Bertz CT molecular complexity index is 2950. The standard InChI is InChI=1S/C51H55F2N9O8S/c1-28(2)43(58-49(65)69-5)47(63)60-23-7-9-40(60)45-54-26-36(56-45)30-11-15-32(16-12-30)38-20-21-39(62(38)34-19-22-42-35(25-34)51(52,53)71(42,67)68)33-17-13-31(14-18-33)37-27-55-46(57-37)41-10-8-24-61(41)48(64)44(29(3)4)59-50(66)70-6/h11-22,25-29,40-41,43-44H,7-10,23-24H2,1-6H3,(H,54,56)(H,55,57)(H,58,65)(H,59,66). The molecule has 6 heterocycles. The number of carbonyl (C=O) groups is 4.